The molecule has 0 aliphatic carbocycles. The van der Waals surface area contributed by atoms with E-state index in [0.29, 0.717) is 24.3 Å². The summed E-state index contributed by atoms with van der Waals surface area (Å²) >= 11 is 0. The van der Waals surface area contributed by atoms with Crippen LogP contribution in [0.15, 0.2) is 24.3 Å². The molecule has 6 nitrogen and oxygen atoms in total. The van der Waals surface area contributed by atoms with Gasteiger partial charge in [0, 0.05) is 6.61 Å². The molecule has 1 aromatic rings. The van der Waals surface area contributed by atoms with Gasteiger partial charge in [0.15, 0.2) is 0 Å². The van der Waals surface area contributed by atoms with E-state index >= 15 is 0 Å². The summed E-state index contributed by atoms with van der Waals surface area (Å²) in [5.41, 5.74) is 5.65. The van der Waals surface area contributed by atoms with Gasteiger partial charge in [0.05, 0.1) is 24.5 Å². The van der Waals surface area contributed by atoms with E-state index in [4.69, 9.17) is 15.2 Å². The third kappa shape index (κ3) is 2.97. The normalized spacial score (nSPS) is 21.5. The summed E-state index contributed by atoms with van der Waals surface area (Å²) in [6.45, 7) is 2.64. The Morgan fingerprint density at radius 2 is 2.20 bits per heavy atom. The van der Waals surface area contributed by atoms with Crippen LogP contribution in [0, 0.1) is 0 Å². The fraction of sp³-hybridized carbons (Fsp3) is 0.429. The van der Waals surface area contributed by atoms with E-state index in [1.54, 1.807) is 31.2 Å². The number of hydrogen-bond donors (Lipinski definition) is 2. The summed E-state index contributed by atoms with van der Waals surface area (Å²) in [6, 6.07) is 6.68. The predicted molar refractivity (Wildman–Crippen MR) is 73.4 cm³/mol. The van der Waals surface area contributed by atoms with E-state index in [-0.39, 0.29) is 19.1 Å². The smallest absolute Gasteiger partial charge is 0.340 e. The molecule has 1 heterocycles. The summed E-state index contributed by atoms with van der Waals surface area (Å²) < 4.78 is 10.1. The average Bonchev–Trinajstić information content (AvgIpc) is 2.88. The van der Waals surface area contributed by atoms with E-state index in [1.165, 1.54) is 0 Å². The Morgan fingerprint density at radius 1 is 1.45 bits per heavy atom. The highest BCUT2D eigenvalue weighted by Gasteiger charge is 2.38. The Bertz CT molecular complexity index is 510. The fourth-order valence-electron chi connectivity index (χ4n) is 1.99. The van der Waals surface area contributed by atoms with Gasteiger partial charge in [-0.15, -0.1) is 0 Å². The molecule has 0 aromatic heterocycles. The van der Waals surface area contributed by atoms with E-state index in [9.17, 15) is 9.59 Å². The molecule has 0 saturated carbocycles. The summed E-state index contributed by atoms with van der Waals surface area (Å²) in [4.78, 5) is 24.0. The molecule has 1 atom stereocenters. The second-order valence-corrected chi connectivity index (χ2v) is 4.68. The molecule has 0 bridgehead atoms. The van der Waals surface area contributed by atoms with Crippen LogP contribution >= 0.6 is 0 Å². The van der Waals surface area contributed by atoms with Crippen molar-refractivity contribution in [3.63, 3.8) is 0 Å². The molecule has 2 rings (SSSR count). The van der Waals surface area contributed by atoms with Crippen LogP contribution in [0.4, 0.5) is 5.69 Å². The van der Waals surface area contributed by atoms with Crippen LogP contribution in [0.1, 0.15) is 23.7 Å². The number of para-hydroxylation sites is 1. The maximum atomic E-state index is 12.2. The first kappa shape index (κ1) is 14.5. The molecule has 6 heteroatoms. The van der Waals surface area contributed by atoms with Crippen LogP contribution in [0.25, 0.3) is 0 Å². The summed E-state index contributed by atoms with van der Waals surface area (Å²) in [5, 5.41) is 2.69. The molecule has 0 radical (unpaired) electrons. The van der Waals surface area contributed by atoms with Crippen LogP contribution in [-0.4, -0.2) is 37.2 Å². The second kappa shape index (κ2) is 6.02. The highest BCUT2D eigenvalue weighted by molar-refractivity contribution is 6.04. The fourth-order valence-corrected chi connectivity index (χ4v) is 1.99. The average molecular weight is 278 g/mol. The molecule has 1 amide bonds. The second-order valence-electron chi connectivity index (χ2n) is 4.68. The standard InChI is InChI=1S/C14H18N2O4/c1-2-20-12(17)10-5-3-4-6-11(10)16-13(18)14(15)7-8-19-9-14/h3-6H,2,7-9,15H2,1H3,(H,16,18). The summed E-state index contributed by atoms with van der Waals surface area (Å²) in [5.74, 6) is -0.830. The zero-order valence-electron chi connectivity index (χ0n) is 11.3. The molecule has 108 valence electrons. The minimum atomic E-state index is -1.04. The first-order chi connectivity index (χ1) is 9.57. The molecule has 1 aromatic carbocycles. The van der Waals surface area contributed by atoms with Gasteiger partial charge >= 0.3 is 5.97 Å². The first-order valence-corrected chi connectivity index (χ1v) is 6.51. The number of carbonyl (C=O) groups excluding carboxylic acids is 2. The van der Waals surface area contributed by atoms with Crippen LogP contribution < -0.4 is 11.1 Å². The van der Waals surface area contributed by atoms with Gasteiger partial charge < -0.3 is 20.5 Å². The zero-order valence-corrected chi connectivity index (χ0v) is 11.3. The van der Waals surface area contributed by atoms with Crippen molar-refractivity contribution in [2.24, 2.45) is 5.73 Å². The van der Waals surface area contributed by atoms with Crippen molar-refractivity contribution in [3.8, 4) is 0 Å². The Hall–Kier alpha value is -1.92. The van der Waals surface area contributed by atoms with Gasteiger partial charge in [-0.1, -0.05) is 12.1 Å². The maximum absolute atomic E-state index is 12.2. The lowest BCUT2D eigenvalue weighted by atomic mass is 9.99. The Balaban J connectivity index is 2.17. The van der Waals surface area contributed by atoms with Crippen LogP contribution in [-0.2, 0) is 14.3 Å². The number of nitrogens with one attached hydrogen (secondary N) is 1. The quantitative estimate of drug-likeness (QED) is 0.799. The number of ether oxygens (including phenoxy) is 2. The Kier molecular flexibility index (Phi) is 4.36. The van der Waals surface area contributed by atoms with Crippen LogP contribution in [0.2, 0.25) is 0 Å². The van der Waals surface area contributed by atoms with Gasteiger partial charge in [-0.25, -0.2) is 4.79 Å². The minimum Gasteiger partial charge on any atom is -0.462 e. The van der Waals surface area contributed by atoms with Gasteiger partial charge in [-0.3, -0.25) is 4.79 Å². The third-order valence-electron chi connectivity index (χ3n) is 3.17. The van der Waals surface area contributed by atoms with Crippen molar-refractivity contribution in [2.75, 3.05) is 25.1 Å². The van der Waals surface area contributed by atoms with Crippen molar-refractivity contribution >= 4 is 17.6 Å². The van der Waals surface area contributed by atoms with Crippen molar-refractivity contribution in [1.29, 1.82) is 0 Å². The Morgan fingerprint density at radius 3 is 2.85 bits per heavy atom. The van der Waals surface area contributed by atoms with Crippen LogP contribution in [0.3, 0.4) is 0 Å². The van der Waals surface area contributed by atoms with Crippen molar-refractivity contribution in [3.05, 3.63) is 29.8 Å². The third-order valence-corrected chi connectivity index (χ3v) is 3.17. The molecule has 0 spiro atoms. The Labute approximate surface area is 117 Å². The highest BCUT2D eigenvalue weighted by Crippen LogP contribution is 2.21. The zero-order chi connectivity index (χ0) is 14.6. The van der Waals surface area contributed by atoms with Gasteiger partial charge in [-0.2, -0.15) is 0 Å². The topological polar surface area (TPSA) is 90.7 Å². The highest BCUT2D eigenvalue weighted by atomic mass is 16.5. The minimum absolute atomic E-state index is 0.181. The summed E-state index contributed by atoms with van der Waals surface area (Å²) in [6.07, 6.45) is 0.459. The lowest BCUT2D eigenvalue weighted by molar-refractivity contribution is -0.121. The number of anilines is 1. The monoisotopic (exact) mass is 278 g/mol. The molecule has 1 aliphatic heterocycles. The SMILES string of the molecule is CCOC(=O)c1ccccc1NC(=O)C1(N)CCOC1. The largest absolute Gasteiger partial charge is 0.462 e. The van der Waals surface area contributed by atoms with Gasteiger partial charge in [0.1, 0.15) is 5.54 Å². The molecule has 3 N–H and O–H groups in total. The van der Waals surface area contributed by atoms with Gasteiger partial charge in [-0.05, 0) is 25.5 Å². The number of benzene rings is 1. The number of nitrogens with two attached hydrogens (primary N) is 1. The molecular formula is C14H18N2O4. The lowest BCUT2D eigenvalue weighted by Crippen LogP contribution is -2.51. The maximum Gasteiger partial charge on any atom is 0.340 e. The van der Waals surface area contributed by atoms with Gasteiger partial charge in [0.25, 0.3) is 0 Å². The van der Waals surface area contributed by atoms with Crippen molar-refractivity contribution in [2.45, 2.75) is 18.9 Å². The number of hydrogen-bond acceptors (Lipinski definition) is 5. The molecule has 1 aliphatic rings. The number of carbonyl (C=O) groups is 2. The first-order valence-electron chi connectivity index (χ1n) is 6.51. The molecule has 1 fully saturated rings. The molecule has 1 saturated heterocycles. The van der Waals surface area contributed by atoms with Crippen molar-refractivity contribution < 1.29 is 19.1 Å². The van der Waals surface area contributed by atoms with Crippen LogP contribution in [0.5, 0.6) is 0 Å². The van der Waals surface area contributed by atoms with E-state index in [2.05, 4.69) is 5.32 Å². The lowest BCUT2D eigenvalue weighted by Gasteiger charge is -2.21. The van der Waals surface area contributed by atoms with Gasteiger partial charge in [0.2, 0.25) is 5.91 Å². The molecule has 1 unspecified atom stereocenters. The van der Waals surface area contributed by atoms with E-state index in [1.807, 2.05) is 0 Å². The predicted octanol–water partition coefficient (Wildman–Crippen LogP) is 0.920. The van der Waals surface area contributed by atoms with Crippen molar-refractivity contribution in [1.82, 2.24) is 0 Å². The summed E-state index contributed by atoms with van der Waals surface area (Å²) in [7, 11) is 0. The molecule has 20 heavy (non-hydrogen) atoms. The van der Waals surface area contributed by atoms with E-state index in [0.717, 1.165) is 0 Å². The number of esters is 1. The molecular weight excluding hydrogens is 260 g/mol. The van der Waals surface area contributed by atoms with E-state index < -0.39 is 11.5 Å². The number of amides is 1. The number of rotatable bonds is 4.